The topological polar surface area (TPSA) is 38.8 Å². The van der Waals surface area contributed by atoms with E-state index in [-0.39, 0.29) is 17.6 Å². The van der Waals surface area contributed by atoms with Crippen LogP contribution in [0.5, 0.6) is 0 Å². The molecule has 0 radical (unpaired) electrons. The van der Waals surface area contributed by atoms with Crippen molar-refractivity contribution in [2.75, 3.05) is 13.7 Å². The number of piperidine rings is 1. The molecule has 0 aromatic carbocycles. The minimum atomic E-state index is -0.381. The number of hydrogen-bond donors (Lipinski definition) is 0. The standard InChI is InChI=1S/C14H17NO3/c1-17-11-4-5-15-10-3-2-9-6-13(16)18-14(9,8-10)12(15)7-11/h2-3,6,10-12H,4-5,7-8H2,1H3/t10?,11-,12?,14?/m0/s1. The van der Waals surface area contributed by atoms with Crippen LogP contribution in [0.15, 0.2) is 23.8 Å². The quantitative estimate of drug-likeness (QED) is 0.649. The number of carbonyl (C=O) groups is 1. The number of methoxy groups -OCH3 is 1. The molecule has 2 saturated heterocycles. The van der Waals surface area contributed by atoms with Gasteiger partial charge in [0.1, 0.15) is 0 Å². The molecule has 4 heteroatoms. The van der Waals surface area contributed by atoms with Gasteiger partial charge in [0, 0.05) is 37.8 Å². The van der Waals surface area contributed by atoms with Gasteiger partial charge in [-0.1, -0.05) is 12.2 Å². The summed E-state index contributed by atoms with van der Waals surface area (Å²) in [6.07, 6.45) is 9.20. The zero-order chi connectivity index (χ0) is 12.3. The first kappa shape index (κ1) is 10.8. The van der Waals surface area contributed by atoms with E-state index in [1.807, 2.05) is 0 Å². The van der Waals surface area contributed by atoms with E-state index in [1.165, 1.54) is 0 Å². The van der Waals surface area contributed by atoms with Crippen molar-refractivity contribution < 1.29 is 14.3 Å². The molecule has 3 aliphatic heterocycles. The van der Waals surface area contributed by atoms with Crippen LogP contribution in [0.1, 0.15) is 19.3 Å². The Labute approximate surface area is 106 Å². The monoisotopic (exact) mass is 247 g/mol. The molecule has 3 heterocycles. The fourth-order valence-electron chi connectivity index (χ4n) is 4.10. The van der Waals surface area contributed by atoms with Gasteiger partial charge in [0.05, 0.1) is 12.1 Å². The molecule has 96 valence electrons. The summed E-state index contributed by atoms with van der Waals surface area (Å²) in [6, 6.07) is 0.713. The molecule has 2 fully saturated rings. The molecule has 0 amide bonds. The lowest BCUT2D eigenvalue weighted by Gasteiger charge is -2.40. The van der Waals surface area contributed by atoms with Gasteiger partial charge in [-0.25, -0.2) is 4.79 Å². The smallest absolute Gasteiger partial charge is 0.332 e. The maximum atomic E-state index is 11.6. The van der Waals surface area contributed by atoms with Crippen molar-refractivity contribution in [2.24, 2.45) is 0 Å². The highest BCUT2D eigenvalue weighted by Crippen LogP contribution is 2.51. The van der Waals surface area contributed by atoms with Gasteiger partial charge in [-0.05, 0) is 12.8 Å². The molecule has 0 aromatic rings. The second kappa shape index (κ2) is 3.45. The molecule has 4 nitrogen and oxygen atoms in total. The third-order valence-corrected chi connectivity index (χ3v) is 4.95. The molecule has 4 atom stereocenters. The van der Waals surface area contributed by atoms with Crippen LogP contribution in [-0.2, 0) is 14.3 Å². The Balaban J connectivity index is 1.75. The highest BCUT2D eigenvalue weighted by molar-refractivity contribution is 5.88. The lowest BCUT2D eigenvalue weighted by atomic mass is 9.80. The minimum Gasteiger partial charge on any atom is -0.449 e. The summed E-state index contributed by atoms with van der Waals surface area (Å²) in [6.45, 7) is 1.03. The first-order valence-corrected chi connectivity index (χ1v) is 6.65. The van der Waals surface area contributed by atoms with Gasteiger partial charge in [0.25, 0.3) is 0 Å². The van der Waals surface area contributed by atoms with Crippen LogP contribution >= 0.6 is 0 Å². The zero-order valence-electron chi connectivity index (χ0n) is 10.5. The summed E-state index contributed by atoms with van der Waals surface area (Å²) in [4.78, 5) is 14.1. The van der Waals surface area contributed by atoms with E-state index < -0.39 is 0 Å². The van der Waals surface area contributed by atoms with E-state index in [0.717, 1.165) is 31.4 Å². The van der Waals surface area contributed by atoms with Crippen molar-refractivity contribution in [1.29, 1.82) is 0 Å². The van der Waals surface area contributed by atoms with Crippen molar-refractivity contribution in [3.63, 3.8) is 0 Å². The van der Waals surface area contributed by atoms with Crippen LogP contribution < -0.4 is 0 Å². The number of ether oxygens (including phenoxy) is 2. The van der Waals surface area contributed by atoms with Gasteiger partial charge >= 0.3 is 5.97 Å². The molecule has 0 saturated carbocycles. The Morgan fingerprint density at radius 1 is 1.56 bits per heavy atom. The first-order valence-electron chi connectivity index (χ1n) is 6.65. The second-order valence-electron chi connectivity index (χ2n) is 5.68. The van der Waals surface area contributed by atoms with Gasteiger partial charge in [0.2, 0.25) is 0 Å². The third-order valence-electron chi connectivity index (χ3n) is 4.95. The van der Waals surface area contributed by atoms with Crippen LogP contribution in [0.2, 0.25) is 0 Å². The first-order chi connectivity index (χ1) is 8.73. The summed E-state index contributed by atoms with van der Waals surface area (Å²) in [5.74, 6) is -0.184. The van der Waals surface area contributed by atoms with Gasteiger partial charge in [-0.3, -0.25) is 4.90 Å². The number of rotatable bonds is 1. The molecule has 1 spiro atoms. The van der Waals surface area contributed by atoms with Crippen LogP contribution in [0, 0.1) is 0 Å². The lowest BCUT2D eigenvalue weighted by Crippen LogP contribution is -2.51. The van der Waals surface area contributed by atoms with Gasteiger partial charge in [-0.2, -0.15) is 0 Å². The summed E-state index contributed by atoms with van der Waals surface area (Å²) < 4.78 is 11.2. The fourth-order valence-corrected chi connectivity index (χ4v) is 4.10. The zero-order valence-corrected chi connectivity index (χ0v) is 10.5. The molecular weight excluding hydrogens is 230 g/mol. The molecule has 0 aromatic heterocycles. The van der Waals surface area contributed by atoms with Crippen molar-refractivity contribution in [1.82, 2.24) is 4.90 Å². The number of nitrogens with zero attached hydrogens (tertiary/aromatic N) is 1. The predicted octanol–water partition coefficient (Wildman–Crippen LogP) is 1.03. The average molecular weight is 247 g/mol. The molecular formula is C14H17NO3. The maximum absolute atomic E-state index is 11.6. The number of carbonyl (C=O) groups excluding carboxylic acids is 1. The predicted molar refractivity (Wildman–Crippen MR) is 65.0 cm³/mol. The Morgan fingerprint density at radius 3 is 3.28 bits per heavy atom. The minimum absolute atomic E-state index is 0.184. The second-order valence-corrected chi connectivity index (χ2v) is 5.68. The van der Waals surface area contributed by atoms with E-state index in [1.54, 1.807) is 13.2 Å². The van der Waals surface area contributed by atoms with Crippen LogP contribution in [-0.4, -0.2) is 48.3 Å². The van der Waals surface area contributed by atoms with Crippen molar-refractivity contribution in [2.45, 2.75) is 43.1 Å². The van der Waals surface area contributed by atoms with Crippen LogP contribution in [0.25, 0.3) is 0 Å². The molecule has 3 unspecified atom stereocenters. The van der Waals surface area contributed by atoms with Crippen molar-refractivity contribution in [3.05, 3.63) is 23.8 Å². The molecule has 0 N–H and O–H groups in total. The van der Waals surface area contributed by atoms with Crippen LogP contribution in [0.4, 0.5) is 0 Å². The van der Waals surface area contributed by atoms with Crippen molar-refractivity contribution in [3.8, 4) is 0 Å². The van der Waals surface area contributed by atoms with Gasteiger partial charge < -0.3 is 9.47 Å². The van der Waals surface area contributed by atoms with Crippen LogP contribution in [0.3, 0.4) is 0 Å². The normalized spacial score (nSPS) is 45.5. The molecule has 2 bridgehead atoms. The Bertz CT molecular complexity index is 470. The summed E-state index contributed by atoms with van der Waals surface area (Å²) in [5, 5.41) is 0. The molecule has 18 heavy (non-hydrogen) atoms. The molecule has 4 rings (SSSR count). The van der Waals surface area contributed by atoms with Crippen molar-refractivity contribution >= 4 is 5.97 Å². The Kier molecular flexibility index (Phi) is 2.07. The average Bonchev–Trinajstić information content (AvgIpc) is 2.85. The Hall–Kier alpha value is -1.13. The third kappa shape index (κ3) is 1.20. The van der Waals surface area contributed by atoms with E-state index >= 15 is 0 Å². The highest BCUT2D eigenvalue weighted by atomic mass is 16.6. The van der Waals surface area contributed by atoms with E-state index in [0.29, 0.717) is 12.1 Å². The summed E-state index contributed by atoms with van der Waals surface area (Å²) in [5.41, 5.74) is 0.682. The highest BCUT2D eigenvalue weighted by Gasteiger charge is 2.60. The Morgan fingerprint density at radius 2 is 2.44 bits per heavy atom. The maximum Gasteiger partial charge on any atom is 0.332 e. The van der Waals surface area contributed by atoms with E-state index in [9.17, 15) is 4.79 Å². The number of fused-ring (bicyclic) bond motifs is 3. The van der Waals surface area contributed by atoms with E-state index in [2.05, 4.69) is 17.1 Å². The molecule has 4 aliphatic rings. The number of hydrogen-bond acceptors (Lipinski definition) is 4. The SMILES string of the molecule is CO[C@H]1CCN2C3C=CC4=CC(=O)OC4(C3)C2C1. The van der Waals surface area contributed by atoms with Gasteiger partial charge in [0.15, 0.2) is 5.60 Å². The summed E-state index contributed by atoms with van der Waals surface area (Å²) >= 11 is 0. The van der Waals surface area contributed by atoms with Gasteiger partial charge in [-0.15, -0.1) is 0 Å². The summed E-state index contributed by atoms with van der Waals surface area (Å²) in [7, 11) is 1.77. The molecule has 1 aliphatic carbocycles. The fraction of sp³-hybridized carbons (Fsp3) is 0.643. The lowest BCUT2D eigenvalue weighted by molar-refractivity contribution is -0.149. The largest absolute Gasteiger partial charge is 0.449 e. The van der Waals surface area contributed by atoms with E-state index in [4.69, 9.17) is 9.47 Å². The number of esters is 1.